The highest BCUT2D eigenvalue weighted by Gasteiger charge is 2.35. The number of aliphatic hydroxyl groups excluding tert-OH is 1. The molecule has 1 saturated heterocycles. The molecule has 0 bridgehead atoms. The summed E-state index contributed by atoms with van der Waals surface area (Å²) in [5.41, 5.74) is 0. The van der Waals surface area contributed by atoms with Crippen LogP contribution in [0, 0.1) is 5.92 Å². The number of piperidine rings is 1. The van der Waals surface area contributed by atoms with Crippen molar-refractivity contribution in [1.82, 2.24) is 10.2 Å². The van der Waals surface area contributed by atoms with E-state index >= 15 is 0 Å². The minimum Gasteiger partial charge on any atom is -0.395 e. The highest BCUT2D eigenvalue weighted by molar-refractivity contribution is 5.79. The van der Waals surface area contributed by atoms with Crippen LogP contribution in [-0.4, -0.2) is 54.9 Å². The van der Waals surface area contributed by atoms with Gasteiger partial charge >= 0.3 is 6.18 Å². The molecule has 0 unspecified atom stereocenters. The van der Waals surface area contributed by atoms with Crippen molar-refractivity contribution >= 4 is 5.91 Å². The third-order valence-electron chi connectivity index (χ3n) is 2.70. The van der Waals surface area contributed by atoms with E-state index in [2.05, 4.69) is 5.32 Å². The van der Waals surface area contributed by atoms with Crippen LogP contribution in [0.2, 0.25) is 0 Å². The zero-order valence-corrected chi connectivity index (χ0v) is 9.46. The van der Waals surface area contributed by atoms with Crippen molar-refractivity contribution in [1.29, 1.82) is 0 Å². The van der Waals surface area contributed by atoms with E-state index in [1.165, 1.54) is 0 Å². The summed E-state index contributed by atoms with van der Waals surface area (Å²) in [5.74, 6) is -0.929. The Morgan fingerprint density at radius 3 is 2.65 bits per heavy atom. The van der Waals surface area contributed by atoms with Crippen LogP contribution in [-0.2, 0) is 4.79 Å². The third-order valence-corrected chi connectivity index (χ3v) is 2.70. The predicted molar refractivity (Wildman–Crippen MR) is 55.3 cm³/mol. The Labute approximate surface area is 97.8 Å². The first-order valence-electron chi connectivity index (χ1n) is 5.61. The molecule has 1 aliphatic rings. The highest BCUT2D eigenvalue weighted by atomic mass is 19.4. The fourth-order valence-corrected chi connectivity index (χ4v) is 1.93. The number of amides is 1. The van der Waals surface area contributed by atoms with Crippen LogP contribution >= 0.6 is 0 Å². The predicted octanol–water partition coefficient (Wildman–Crippen LogP) is 0.369. The maximum absolute atomic E-state index is 12.3. The molecule has 2 N–H and O–H groups in total. The van der Waals surface area contributed by atoms with Gasteiger partial charge < -0.3 is 15.3 Å². The van der Waals surface area contributed by atoms with Crippen molar-refractivity contribution in [3.63, 3.8) is 0 Å². The van der Waals surface area contributed by atoms with Crippen molar-refractivity contribution in [3.05, 3.63) is 0 Å². The Morgan fingerprint density at radius 2 is 2.18 bits per heavy atom. The molecule has 17 heavy (non-hydrogen) atoms. The fourth-order valence-electron chi connectivity index (χ4n) is 1.93. The Hall–Kier alpha value is -0.820. The molecular weight excluding hydrogens is 237 g/mol. The lowest BCUT2D eigenvalue weighted by molar-refractivity contribution is -0.164. The second-order valence-corrected chi connectivity index (χ2v) is 4.14. The van der Waals surface area contributed by atoms with Crippen LogP contribution in [0.5, 0.6) is 0 Å². The molecule has 1 atom stereocenters. The van der Waals surface area contributed by atoms with E-state index in [-0.39, 0.29) is 6.54 Å². The number of aliphatic hydroxyl groups is 1. The largest absolute Gasteiger partial charge is 0.406 e. The van der Waals surface area contributed by atoms with Gasteiger partial charge in [0.2, 0.25) is 5.91 Å². The topological polar surface area (TPSA) is 52.6 Å². The number of alkyl halides is 3. The Kier molecular flexibility index (Phi) is 5.20. The summed E-state index contributed by atoms with van der Waals surface area (Å²) in [4.78, 5) is 12.5. The lowest BCUT2D eigenvalue weighted by atomic mass is 9.98. The zero-order chi connectivity index (χ0) is 12.9. The van der Waals surface area contributed by atoms with Gasteiger partial charge in [0.25, 0.3) is 0 Å². The van der Waals surface area contributed by atoms with Gasteiger partial charge in [-0.3, -0.25) is 4.79 Å². The van der Waals surface area contributed by atoms with E-state index in [1.807, 2.05) is 0 Å². The Balaban J connectivity index is 2.58. The molecule has 0 aromatic rings. The van der Waals surface area contributed by atoms with Crippen LogP contribution in [0.15, 0.2) is 0 Å². The summed E-state index contributed by atoms with van der Waals surface area (Å²) in [7, 11) is 0. The SMILES string of the molecule is O=C([C@H]1CCCNC1)N(CCO)CC(F)(F)F. The number of carbonyl (C=O) groups excluding carboxylic acids is 1. The van der Waals surface area contributed by atoms with E-state index in [1.54, 1.807) is 0 Å². The van der Waals surface area contributed by atoms with Gasteiger partial charge in [0.05, 0.1) is 12.5 Å². The standard InChI is InChI=1S/C10H17F3N2O2/c11-10(12,13)7-15(4-5-16)9(17)8-2-1-3-14-6-8/h8,14,16H,1-7H2/t8-/m0/s1. The summed E-state index contributed by atoms with van der Waals surface area (Å²) in [6, 6.07) is 0. The molecule has 0 aliphatic carbocycles. The van der Waals surface area contributed by atoms with Gasteiger partial charge in [-0.15, -0.1) is 0 Å². The molecule has 4 nitrogen and oxygen atoms in total. The minimum atomic E-state index is -4.42. The molecular formula is C10H17F3N2O2. The van der Waals surface area contributed by atoms with E-state index in [9.17, 15) is 18.0 Å². The summed E-state index contributed by atoms with van der Waals surface area (Å²) in [6.45, 7) is -0.804. The third kappa shape index (κ3) is 4.91. The van der Waals surface area contributed by atoms with Gasteiger partial charge in [0.15, 0.2) is 0 Å². The lowest BCUT2D eigenvalue weighted by Crippen LogP contribution is -2.47. The maximum atomic E-state index is 12.3. The van der Waals surface area contributed by atoms with Crippen molar-refractivity contribution in [2.45, 2.75) is 19.0 Å². The van der Waals surface area contributed by atoms with Gasteiger partial charge in [-0.05, 0) is 19.4 Å². The number of hydrogen-bond donors (Lipinski definition) is 2. The molecule has 0 spiro atoms. The number of nitrogens with zero attached hydrogens (tertiary/aromatic N) is 1. The summed E-state index contributed by atoms with van der Waals surface area (Å²) in [6.07, 6.45) is -3.03. The van der Waals surface area contributed by atoms with Gasteiger partial charge in [-0.1, -0.05) is 0 Å². The Morgan fingerprint density at radius 1 is 1.47 bits per heavy atom. The van der Waals surface area contributed by atoms with E-state index < -0.39 is 31.2 Å². The van der Waals surface area contributed by atoms with Gasteiger partial charge in [-0.25, -0.2) is 0 Å². The van der Waals surface area contributed by atoms with Crippen LogP contribution in [0.1, 0.15) is 12.8 Å². The Bertz CT molecular complexity index is 252. The van der Waals surface area contributed by atoms with Crippen LogP contribution in [0.3, 0.4) is 0 Å². The highest BCUT2D eigenvalue weighted by Crippen LogP contribution is 2.19. The number of rotatable bonds is 4. The van der Waals surface area contributed by atoms with E-state index in [0.29, 0.717) is 17.9 Å². The van der Waals surface area contributed by atoms with Crippen LogP contribution in [0.25, 0.3) is 0 Å². The van der Waals surface area contributed by atoms with Crippen LogP contribution < -0.4 is 5.32 Å². The number of carbonyl (C=O) groups is 1. The molecule has 0 aromatic carbocycles. The van der Waals surface area contributed by atoms with Gasteiger partial charge in [0.1, 0.15) is 6.54 Å². The van der Waals surface area contributed by atoms with Gasteiger partial charge in [0, 0.05) is 13.1 Å². The van der Waals surface area contributed by atoms with E-state index in [4.69, 9.17) is 5.11 Å². The smallest absolute Gasteiger partial charge is 0.395 e. The van der Waals surface area contributed by atoms with Crippen molar-refractivity contribution < 1.29 is 23.1 Å². The maximum Gasteiger partial charge on any atom is 0.406 e. The quantitative estimate of drug-likeness (QED) is 0.762. The zero-order valence-electron chi connectivity index (χ0n) is 9.46. The molecule has 1 fully saturated rings. The number of halogens is 3. The minimum absolute atomic E-state index is 0.269. The molecule has 1 heterocycles. The molecule has 7 heteroatoms. The molecule has 1 aliphatic heterocycles. The van der Waals surface area contributed by atoms with Crippen molar-refractivity contribution in [2.75, 3.05) is 32.8 Å². The normalized spacial score (nSPS) is 21.3. The number of nitrogens with one attached hydrogen (secondary N) is 1. The van der Waals surface area contributed by atoms with E-state index in [0.717, 1.165) is 13.0 Å². The first-order chi connectivity index (χ1) is 7.94. The summed E-state index contributed by atoms with van der Waals surface area (Å²) in [5, 5.41) is 11.7. The monoisotopic (exact) mass is 254 g/mol. The second kappa shape index (κ2) is 6.20. The molecule has 0 saturated carbocycles. The van der Waals surface area contributed by atoms with Crippen molar-refractivity contribution in [2.24, 2.45) is 5.92 Å². The first-order valence-corrected chi connectivity index (χ1v) is 5.61. The van der Waals surface area contributed by atoms with Crippen LogP contribution in [0.4, 0.5) is 13.2 Å². The molecule has 0 aromatic heterocycles. The summed E-state index contributed by atoms with van der Waals surface area (Å²) >= 11 is 0. The number of hydrogen-bond acceptors (Lipinski definition) is 3. The fraction of sp³-hybridized carbons (Fsp3) is 0.900. The average Bonchev–Trinajstić information content (AvgIpc) is 2.27. The molecule has 1 amide bonds. The molecule has 1 rings (SSSR count). The van der Waals surface area contributed by atoms with Gasteiger partial charge in [-0.2, -0.15) is 13.2 Å². The molecule has 100 valence electrons. The molecule has 0 radical (unpaired) electrons. The second-order valence-electron chi connectivity index (χ2n) is 4.14. The van der Waals surface area contributed by atoms with Crippen molar-refractivity contribution in [3.8, 4) is 0 Å². The lowest BCUT2D eigenvalue weighted by Gasteiger charge is -2.29. The first kappa shape index (κ1) is 14.2. The average molecular weight is 254 g/mol. The summed E-state index contributed by atoms with van der Waals surface area (Å²) < 4.78 is 36.8.